The number of rotatable bonds is 7. The quantitative estimate of drug-likeness (QED) is 0.183. The molecule has 2 N–H and O–H groups in total. The molecule has 4 rings (SSSR count). The van der Waals surface area contributed by atoms with Crippen LogP contribution in [0.3, 0.4) is 0 Å². The van der Waals surface area contributed by atoms with Gasteiger partial charge in [0.25, 0.3) is 11.6 Å². The second-order valence-corrected chi connectivity index (χ2v) is 7.49. The van der Waals surface area contributed by atoms with Crippen molar-refractivity contribution in [3.63, 3.8) is 0 Å². The van der Waals surface area contributed by atoms with Crippen molar-refractivity contribution in [1.82, 2.24) is 10.3 Å². The molecule has 0 fully saturated rings. The second-order valence-electron chi connectivity index (χ2n) is 7.49. The molecular formula is C25H20N4O4. The number of nitro groups is 1. The fourth-order valence-electron chi connectivity index (χ4n) is 3.60. The molecule has 2 aromatic carbocycles. The van der Waals surface area contributed by atoms with Crippen molar-refractivity contribution in [2.45, 2.75) is 13.3 Å². The number of fused-ring (bicyclic) bond motifs is 1. The summed E-state index contributed by atoms with van der Waals surface area (Å²) in [6.45, 7) is 2.19. The van der Waals surface area contributed by atoms with Crippen LogP contribution in [0.1, 0.15) is 16.9 Å². The van der Waals surface area contributed by atoms with Crippen LogP contribution >= 0.6 is 0 Å². The number of hydrogen-bond donors (Lipinski definition) is 2. The molecule has 33 heavy (non-hydrogen) atoms. The lowest BCUT2D eigenvalue weighted by molar-refractivity contribution is -0.384. The van der Waals surface area contributed by atoms with Crippen molar-refractivity contribution >= 4 is 28.6 Å². The Bertz CT molecular complexity index is 1420. The third-order valence-corrected chi connectivity index (χ3v) is 5.33. The number of aromatic amines is 1. The number of benzene rings is 2. The predicted octanol–water partition coefficient (Wildman–Crippen LogP) is 4.91. The van der Waals surface area contributed by atoms with E-state index in [1.54, 1.807) is 18.2 Å². The molecule has 0 bridgehead atoms. The monoisotopic (exact) mass is 440 g/mol. The number of aryl methyl sites for hydroxylation is 1. The average Bonchev–Trinajstić information content (AvgIpc) is 3.45. The molecule has 0 unspecified atom stereocenters. The lowest BCUT2D eigenvalue weighted by atomic mass is 10.1. The van der Waals surface area contributed by atoms with E-state index >= 15 is 0 Å². The van der Waals surface area contributed by atoms with E-state index in [0.717, 1.165) is 22.0 Å². The maximum absolute atomic E-state index is 12.5. The Labute approximate surface area is 189 Å². The second kappa shape index (κ2) is 9.24. The number of hydrogen-bond acceptors (Lipinski definition) is 5. The first kappa shape index (κ1) is 21.6. The standard InChI is InChI=1S/C25H20N4O4/c1-16-6-7-19(29(31)32)13-22(16)24-9-8-20(33-24)12-18(14-26)25(30)27-11-10-17-15-28-23-5-3-2-4-21(17)23/h2-9,12-13,15,28H,10-11H2,1H3,(H,27,30)/b18-12-. The maximum atomic E-state index is 12.5. The number of nitrogens with one attached hydrogen (secondary N) is 2. The van der Waals surface area contributed by atoms with Crippen LogP contribution in [-0.2, 0) is 11.2 Å². The number of carbonyl (C=O) groups is 1. The van der Waals surface area contributed by atoms with Crippen LogP contribution in [0.5, 0.6) is 0 Å². The lowest BCUT2D eigenvalue weighted by Gasteiger charge is -2.04. The fraction of sp³-hybridized carbons (Fsp3) is 0.120. The Balaban J connectivity index is 1.45. The molecular weight excluding hydrogens is 420 g/mol. The van der Waals surface area contributed by atoms with Gasteiger partial charge in [0.05, 0.1) is 4.92 Å². The number of non-ortho nitro benzene ring substituents is 1. The third-order valence-electron chi connectivity index (χ3n) is 5.33. The predicted molar refractivity (Wildman–Crippen MR) is 124 cm³/mol. The summed E-state index contributed by atoms with van der Waals surface area (Å²) in [4.78, 5) is 26.3. The highest BCUT2D eigenvalue weighted by molar-refractivity contribution is 6.01. The Morgan fingerprint density at radius 1 is 1.24 bits per heavy atom. The van der Waals surface area contributed by atoms with Crippen LogP contribution in [0, 0.1) is 28.4 Å². The summed E-state index contributed by atoms with van der Waals surface area (Å²) < 4.78 is 5.75. The number of nitrogens with zero attached hydrogens (tertiary/aromatic N) is 2. The number of nitro benzene ring substituents is 1. The minimum Gasteiger partial charge on any atom is -0.457 e. The summed E-state index contributed by atoms with van der Waals surface area (Å²) in [6, 6.07) is 17.6. The maximum Gasteiger partial charge on any atom is 0.270 e. The number of aromatic nitrogens is 1. The Hall–Kier alpha value is -4.64. The van der Waals surface area contributed by atoms with Crippen molar-refractivity contribution in [2.75, 3.05) is 6.54 Å². The van der Waals surface area contributed by atoms with E-state index in [1.165, 1.54) is 18.2 Å². The largest absolute Gasteiger partial charge is 0.457 e. The zero-order valence-electron chi connectivity index (χ0n) is 17.8. The van der Waals surface area contributed by atoms with E-state index in [9.17, 15) is 20.2 Å². The Kier molecular flexibility index (Phi) is 6.04. The van der Waals surface area contributed by atoms with Crippen LogP contribution in [0.15, 0.2) is 70.8 Å². The number of carbonyl (C=O) groups excluding carboxylic acids is 1. The zero-order chi connectivity index (χ0) is 23.4. The number of nitriles is 1. The van der Waals surface area contributed by atoms with Gasteiger partial charge in [0.15, 0.2) is 0 Å². The van der Waals surface area contributed by atoms with Crippen molar-refractivity contribution < 1.29 is 14.1 Å². The number of H-pyrrole nitrogens is 1. The fourth-order valence-corrected chi connectivity index (χ4v) is 3.60. The first-order chi connectivity index (χ1) is 16.0. The normalized spacial score (nSPS) is 11.3. The van der Waals surface area contributed by atoms with Crippen molar-refractivity contribution in [3.05, 3.63) is 93.4 Å². The Morgan fingerprint density at radius 3 is 2.85 bits per heavy atom. The van der Waals surface area contributed by atoms with E-state index in [0.29, 0.717) is 30.0 Å². The molecule has 1 amide bonds. The topological polar surface area (TPSA) is 125 Å². The summed E-state index contributed by atoms with van der Waals surface area (Å²) >= 11 is 0. The molecule has 4 aromatic rings. The molecule has 2 aromatic heterocycles. The van der Waals surface area contributed by atoms with E-state index in [2.05, 4.69) is 10.3 Å². The Morgan fingerprint density at radius 2 is 2.06 bits per heavy atom. The highest BCUT2D eigenvalue weighted by atomic mass is 16.6. The summed E-state index contributed by atoms with van der Waals surface area (Å²) in [6.07, 6.45) is 3.89. The van der Waals surface area contributed by atoms with Crippen LogP contribution in [-0.4, -0.2) is 22.4 Å². The summed E-state index contributed by atoms with van der Waals surface area (Å²) in [5, 5.41) is 24.4. The smallest absolute Gasteiger partial charge is 0.270 e. The SMILES string of the molecule is Cc1ccc([N+](=O)[O-])cc1-c1ccc(/C=C(/C#N)C(=O)NCCc2c[nH]c3ccccc23)o1. The van der Waals surface area contributed by atoms with Crippen LogP contribution < -0.4 is 5.32 Å². The third kappa shape index (κ3) is 4.67. The van der Waals surface area contributed by atoms with E-state index in [-0.39, 0.29) is 11.3 Å². The molecule has 0 spiro atoms. The minimum absolute atomic E-state index is 0.0450. The van der Waals surface area contributed by atoms with Crippen LogP contribution in [0.25, 0.3) is 28.3 Å². The first-order valence-electron chi connectivity index (χ1n) is 10.3. The van der Waals surface area contributed by atoms with E-state index in [4.69, 9.17) is 4.42 Å². The molecule has 0 aliphatic heterocycles. The zero-order valence-corrected chi connectivity index (χ0v) is 17.8. The van der Waals surface area contributed by atoms with Crippen molar-refractivity contribution in [1.29, 1.82) is 5.26 Å². The van der Waals surface area contributed by atoms with Gasteiger partial charge in [0.2, 0.25) is 0 Å². The van der Waals surface area contributed by atoms with Gasteiger partial charge in [-0.3, -0.25) is 14.9 Å². The van der Waals surface area contributed by atoms with Gasteiger partial charge < -0.3 is 14.7 Å². The minimum atomic E-state index is -0.498. The molecule has 0 radical (unpaired) electrons. The molecule has 0 saturated heterocycles. The molecule has 164 valence electrons. The highest BCUT2D eigenvalue weighted by Crippen LogP contribution is 2.29. The molecule has 0 aliphatic carbocycles. The van der Waals surface area contributed by atoms with Crippen molar-refractivity contribution in [2.24, 2.45) is 0 Å². The van der Waals surface area contributed by atoms with Crippen LogP contribution in [0.2, 0.25) is 0 Å². The number of amides is 1. The van der Waals surface area contributed by atoms with E-state index in [1.807, 2.05) is 43.5 Å². The van der Waals surface area contributed by atoms with E-state index < -0.39 is 10.8 Å². The molecule has 0 atom stereocenters. The molecule has 0 saturated carbocycles. The molecule has 8 heteroatoms. The lowest BCUT2D eigenvalue weighted by Crippen LogP contribution is -2.26. The van der Waals surface area contributed by atoms with Gasteiger partial charge >= 0.3 is 0 Å². The van der Waals surface area contributed by atoms with Crippen LogP contribution in [0.4, 0.5) is 5.69 Å². The van der Waals surface area contributed by atoms with Crippen molar-refractivity contribution in [3.8, 4) is 17.4 Å². The summed E-state index contributed by atoms with van der Waals surface area (Å²) in [5.74, 6) is 0.223. The average molecular weight is 440 g/mol. The van der Waals surface area contributed by atoms with Gasteiger partial charge in [-0.25, -0.2) is 0 Å². The van der Waals surface area contributed by atoms with Gasteiger partial charge in [-0.2, -0.15) is 5.26 Å². The van der Waals surface area contributed by atoms with Gasteiger partial charge in [-0.1, -0.05) is 24.3 Å². The summed E-state index contributed by atoms with van der Waals surface area (Å²) in [5.41, 5.74) is 3.36. The summed E-state index contributed by atoms with van der Waals surface area (Å²) in [7, 11) is 0. The van der Waals surface area contributed by atoms with Gasteiger partial charge in [-0.15, -0.1) is 0 Å². The first-order valence-corrected chi connectivity index (χ1v) is 10.3. The van der Waals surface area contributed by atoms with Gasteiger partial charge in [0.1, 0.15) is 23.2 Å². The molecule has 2 heterocycles. The highest BCUT2D eigenvalue weighted by Gasteiger charge is 2.15. The molecule has 8 nitrogen and oxygen atoms in total. The van der Waals surface area contributed by atoms with Gasteiger partial charge in [0, 0.05) is 47.4 Å². The van der Waals surface area contributed by atoms with Gasteiger partial charge in [-0.05, 0) is 42.7 Å². The number of para-hydroxylation sites is 1. The number of furan rings is 1. The molecule has 0 aliphatic rings.